The zero-order valence-electron chi connectivity index (χ0n) is 9.03. The van der Waals surface area contributed by atoms with Gasteiger partial charge in [-0.15, -0.1) is 11.8 Å². The number of para-hydroxylation sites is 1. The minimum Gasteiger partial charge on any atom is -0.496 e. The van der Waals surface area contributed by atoms with Gasteiger partial charge < -0.3 is 10.5 Å². The molecule has 1 aromatic rings. The Bertz CT molecular complexity index is 336. The maximum absolute atomic E-state index is 5.76. The van der Waals surface area contributed by atoms with Gasteiger partial charge in [-0.3, -0.25) is 0 Å². The molecule has 0 aliphatic heterocycles. The molecular weight excluding hydrogens is 206 g/mol. The molecule has 15 heavy (non-hydrogen) atoms. The third kappa shape index (κ3) is 2.47. The van der Waals surface area contributed by atoms with E-state index in [1.165, 1.54) is 17.7 Å². The summed E-state index contributed by atoms with van der Waals surface area (Å²) in [5.41, 5.74) is 6.18. The minimum atomic E-state index is 0.422. The summed E-state index contributed by atoms with van der Waals surface area (Å²) in [6.07, 6.45) is 2.57. The summed E-state index contributed by atoms with van der Waals surface area (Å²) >= 11 is 1.86. The van der Waals surface area contributed by atoms with Gasteiger partial charge >= 0.3 is 0 Å². The van der Waals surface area contributed by atoms with Gasteiger partial charge in [0, 0.05) is 10.6 Å². The van der Waals surface area contributed by atoms with Crippen LogP contribution in [0.3, 0.4) is 0 Å². The molecule has 0 atom stereocenters. The molecule has 0 aromatic heterocycles. The van der Waals surface area contributed by atoms with E-state index >= 15 is 0 Å². The van der Waals surface area contributed by atoms with E-state index in [2.05, 4.69) is 6.07 Å². The first kappa shape index (κ1) is 10.8. The van der Waals surface area contributed by atoms with Gasteiger partial charge in [0.2, 0.25) is 0 Å². The summed E-state index contributed by atoms with van der Waals surface area (Å²) in [5.74, 6) is 2.08. The van der Waals surface area contributed by atoms with Crippen molar-refractivity contribution < 1.29 is 4.74 Å². The van der Waals surface area contributed by atoms with Crippen molar-refractivity contribution in [2.45, 2.75) is 17.7 Å². The van der Waals surface area contributed by atoms with Gasteiger partial charge in [-0.25, -0.2) is 0 Å². The van der Waals surface area contributed by atoms with Crippen molar-refractivity contribution in [3.63, 3.8) is 0 Å². The lowest BCUT2D eigenvalue weighted by molar-refractivity contribution is 0.404. The van der Waals surface area contributed by atoms with Crippen LogP contribution >= 0.6 is 11.8 Å². The molecular formula is C12H17NOS. The van der Waals surface area contributed by atoms with Crippen LogP contribution in [-0.4, -0.2) is 19.4 Å². The number of methoxy groups -OCH3 is 1. The van der Waals surface area contributed by atoms with E-state index in [-0.39, 0.29) is 0 Å². The van der Waals surface area contributed by atoms with Crippen LogP contribution in [0, 0.1) is 5.41 Å². The number of thioether (sulfide) groups is 1. The van der Waals surface area contributed by atoms with Gasteiger partial charge in [0.15, 0.2) is 0 Å². The van der Waals surface area contributed by atoms with Gasteiger partial charge in [-0.1, -0.05) is 12.1 Å². The first-order valence-electron chi connectivity index (χ1n) is 5.25. The second kappa shape index (κ2) is 4.45. The Morgan fingerprint density at radius 1 is 1.40 bits per heavy atom. The summed E-state index contributed by atoms with van der Waals surface area (Å²) in [7, 11) is 1.72. The maximum Gasteiger partial charge on any atom is 0.132 e. The van der Waals surface area contributed by atoms with Gasteiger partial charge in [0.05, 0.1) is 7.11 Å². The molecule has 2 rings (SSSR count). The second-order valence-corrected chi connectivity index (χ2v) is 5.16. The highest BCUT2D eigenvalue weighted by atomic mass is 32.2. The highest BCUT2D eigenvalue weighted by molar-refractivity contribution is 7.99. The molecule has 0 amide bonds. The molecule has 0 radical (unpaired) electrons. The Morgan fingerprint density at radius 3 is 2.73 bits per heavy atom. The lowest BCUT2D eigenvalue weighted by Gasteiger charge is -2.13. The number of benzene rings is 1. The smallest absolute Gasteiger partial charge is 0.132 e. The molecule has 2 N–H and O–H groups in total. The predicted octanol–water partition coefficient (Wildman–Crippen LogP) is 2.53. The maximum atomic E-state index is 5.76. The van der Waals surface area contributed by atoms with Crippen LogP contribution in [0.4, 0.5) is 0 Å². The average Bonchev–Trinajstić information content (AvgIpc) is 3.07. The number of hydrogen-bond donors (Lipinski definition) is 1. The largest absolute Gasteiger partial charge is 0.496 e. The lowest BCUT2D eigenvalue weighted by Crippen LogP contribution is -2.17. The number of rotatable bonds is 5. The normalized spacial score (nSPS) is 17.5. The molecule has 82 valence electrons. The van der Waals surface area contributed by atoms with E-state index in [9.17, 15) is 0 Å². The predicted molar refractivity (Wildman–Crippen MR) is 64.4 cm³/mol. The van der Waals surface area contributed by atoms with Gasteiger partial charge in [0.1, 0.15) is 5.75 Å². The van der Waals surface area contributed by atoms with Crippen molar-refractivity contribution in [3.05, 3.63) is 24.3 Å². The van der Waals surface area contributed by atoms with Gasteiger partial charge in [-0.2, -0.15) is 0 Å². The zero-order chi connectivity index (χ0) is 10.7. The molecule has 0 saturated heterocycles. The fourth-order valence-electron chi connectivity index (χ4n) is 1.55. The fraction of sp³-hybridized carbons (Fsp3) is 0.500. The highest BCUT2D eigenvalue weighted by Crippen LogP contribution is 2.48. The van der Waals surface area contributed by atoms with E-state index in [0.717, 1.165) is 18.0 Å². The highest BCUT2D eigenvalue weighted by Gasteiger charge is 2.41. The second-order valence-electron chi connectivity index (χ2n) is 4.14. The summed E-state index contributed by atoms with van der Waals surface area (Å²) in [6, 6.07) is 8.16. The molecule has 0 bridgehead atoms. The summed E-state index contributed by atoms with van der Waals surface area (Å²) < 4.78 is 5.31. The Labute approximate surface area is 95.2 Å². The van der Waals surface area contributed by atoms with Crippen molar-refractivity contribution in [1.82, 2.24) is 0 Å². The molecule has 1 aromatic carbocycles. The van der Waals surface area contributed by atoms with Crippen LogP contribution < -0.4 is 10.5 Å². The monoisotopic (exact) mass is 223 g/mol. The van der Waals surface area contributed by atoms with E-state index in [4.69, 9.17) is 10.5 Å². The SMILES string of the molecule is COc1ccccc1SCC1(CN)CC1. The first-order chi connectivity index (χ1) is 7.29. The van der Waals surface area contributed by atoms with E-state index < -0.39 is 0 Å². The van der Waals surface area contributed by atoms with Crippen LogP contribution in [0.2, 0.25) is 0 Å². The molecule has 3 heteroatoms. The Morgan fingerprint density at radius 2 is 2.13 bits per heavy atom. The van der Waals surface area contributed by atoms with Gasteiger partial charge in [0.25, 0.3) is 0 Å². The number of hydrogen-bond acceptors (Lipinski definition) is 3. The van der Waals surface area contributed by atoms with Gasteiger partial charge in [-0.05, 0) is 36.9 Å². The van der Waals surface area contributed by atoms with E-state index in [1.807, 2.05) is 30.0 Å². The first-order valence-corrected chi connectivity index (χ1v) is 6.24. The molecule has 1 aliphatic carbocycles. The standard InChI is InChI=1S/C12H17NOS/c1-14-10-4-2-3-5-11(10)15-9-12(8-13)6-7-12/h2-5H,6-9,13H2,1H3. The Kier molecular flexibility index (Phi) is 3.22. The van der Waals surface area contributed by atoms with Crippen LogP contribution in [0.1, 0.15) is 12.8 Å². The summed E-state index contributed by atoms with van der Waals surface area (Å²) in [6.45, 7) is 0.815. The Hall–Kier alpha value is -0.670. The molecule has 0 heterocycles. The lowest BCUT2D eigenvalue weighted by atomic mass is 10.1. The molecule has 1 fully saturated rings. The number of nitrogens with two attached hydrogens (primary N) is 1. The van der Waals surface area contributed by atoms with Crippen LogP contribution in [0.25, 0.3) is 0 Å². The minimum absolute atomic E-state index is 0.422. The van der Waals surface area contributed by atoms with Crippen LogP contribution in [0.5, 0.6) is 5.75 Å². The van der Waals surface area contributed by atoms with Crippen LogP contribution in [-0.2, 0) is 0 Å². The molecule has 0 unspecified atom stereocenters. The molecule has 0 spiro atoms. The fourth-order valence-corrected chi connectivity index (χ4v) is 2.89. The summed E-state index contributed by atoms with van der Waals surface area (Å²) in [4.78, 5) is 1.22. The molecule has 1 saturated carbocycles. The van der Waals surface area contributed by atoms with E-state index in [1.54, 1.807) is 7.11 Å². The zero-order valence-corrected chi connectivity index (χ0v) is 9.85. The van der Waals surface area contributed by atoms with Crippen LogP contribution in [0.15, 0.2) is 29.2 Å². The molecule has 2 nitrogen and oxygen atoms in total. The summed E-state index contributed by atoms with van der Waals surface area (Å²) in [5, 5.41) is 0. The van der Waals surface area contributed by atoms with Crippen molar-refractivity contribution in [1.29, 1.82) is 0 Å². The molecule has 1 aliphatic rings. The third-order valence-electron chi connectivity index (χ3n) is 2.99. The van der Waals surface area contributed by atoms with Crippen molar-refractivity contribution in [2.24, 2.45) is 11.1 Å². The van der Waals surface area contributed by atoms with Crippen molar-refractivity contribution in [3.8, 4) is 5.75 Å². The Balaban J connectivity index is 1.98. The third-order valence-corrected chi connectivity index (χ3v) is 4.40. The van der Waals surface area contributed by atoms with Crippen molar-refractivity contribution >= 4 is 11.8 Å². The number of ether oxygens (including phenoxy) is 1. The average molecular weight is 223 g/mol. The quantitative estimate of drug-likeness (QED) is 0.779. The topological polar surface area (TPSA) is 35.2 Å². The van der Waals surface area contributed by atoms with E-state index in [0.29, 0.717) is 5.41 Å². The van der Waals surface area contributed by atoms with Crippen molar-refractivity contribution in [2.75, 3.05) is 19.4 Å².